The molecule has 3 heterocycles. The predicted molar refractivity (Wildman–Crippen MR) is 159 cm³/mol. The van der Waals surface area contributed by atoms with Crippen molar-refractivity contribution < 1.29 is 24.2 Å². The van der Waals surface area contributed by atoms with Gasteiger partial charge in [0.1, 0.15) is 11.6 Å². The Labute approximate surface area is 246 Å². The molecule has 3 aliphatic heterocycles. The lowest BCUT2D eigenvalue weighted by Gasteiger charge is -2.38. The summed E-state index contributed by atoms with van der Waals surface area (Å²) in [5.41, 5.74) is 1.61. The van der Waals surface area contributed by atoms with E-state index in [1.54, 1.807) is 33.9 Å². The van der Waals surface area contributed by atoms with E-state index >= 15 is 0 Å². The number of nitrogens with zero attached hydrogens (tertiary/aromatic N) is 3. The molecular formula is C31H42BrN3O5. The van der Waals surface area contributed by atoms with Gasteiger partial charge >= 0.3 is 0 Å². The molecule has 3 aliphatic rings. The number of hydrogen-bond donors (Lipinski definition) is 1. The van der Waals surface area contributed by atoms with Crippen molar-refractivity contribution in [1.29, 1.82) is 0 Å². The molecule has 3 amide bonds. The van der Waals surface area contributed by atoms with Gasteiger partial charge in [-0.1, -0.05) is 59.1 Å². The smallest absolute Gasteiger partial charge is 0.253 e. The lowest BCUT2D eigenvalue weighted by molar-refractivity contribution is -0.144. The fourth-order valence-corrected chi connectivity index (χ4v) is 7.96. The quantitative estimate of drug-likeness (QED) is 0.207. The summed E-state index contributed by atoms with van der Waals surface area (Å²) in [4.78, 5) is 47.5. The van der Waals surface area contributed by atoms with Crippen LogP contribution in [0.25, 0.3) is 0 Å². The Kier molecular flexibility index (Phi) is 9.58. The number of fused-ring (bicyclic) bond motifs is 1. The number of benzene rings is 1. The number of unbranched alkanes of at least 4 members (excludes halogenated alkanes) is 3. The molecule has 3 saturated heterocycles. The zero-order chi connectivity index (χ0) is 29.2. The van der Waals surface area contributed by atoms with Crippen LogP contribution in [-0.2, 0) is 19.1 Å². The van der Waals surface area contributed by atoms with Crippen molar-refractivity contribution in [2.75, 3.05) is 38.2 Å². The first-order chi connectivity index (χ1) is 19.1. The number of hydrogen-bond acceptors (Lipinski definition) is 5. The van der Waals surface area contributed by atoms with Crippen molar-refractivity contribution in [2.45, 2.75) is 68.5 Å². The van der Waals surface area contributed by atoms with E-state index in [2.05, 4.69) is 29.1 Å². The summed E-state index contributed by atoms with van der Waals surface area (Å²) in [7, 11) is 1.71. The van der Waals surface area contributed by atoms with Gasteiger partial charge in [0.25, 0.3) is 5.91 Å². The van der Waals surface area contributed by atoms with Gasteiger partial charge in [-0.15, -0.1) is 13.2 Å². The summed E-state index contributed by atoms with van der Waals surface area (Å²) < 4.78 is 6.67. The number of aryl methyl sites for hydroxylation is 2. The molecule has 40 heavy (non-hydrogen) atoms. The highest BCUT2D eigenvalue weighted by Crippen LogP contribution is 2.60. The van der Waals surface area contributed by atoms with Crippen molar-refractivity contribution in [3.63, 3.8) is 0 Å². The van der Waals surface area contributed by atoms with Crippen molar-refractivity contribution in [3.05, 3.63) is 54.6 Å². The van der Waals surface area contributed by atoms with Crippen LogP contribution in [-0.4, -0.2) is 88.5 Å². The molecule has 0 radical (unpaired) electrons. The van der Waals surface area contributed by atoms with Crippen LogP contribution >= 0.6 is 15.9 Å². The first kappa shape index (κ1) is 30.5. The third-order valence-electron chi connectivity index (χ3n) is 8.68. The molecule has 0 saturated carbocycles. The topological polar surface area (TPSA) is 90.4 Å². The number of halogens is 1. The van der Waals surface area contributed by atoms with Gasteiger partial charge < -0.3 is 24.5 Å². The SMILES string of the molecule is C=CCN(C)C(=O)[C@H]1[C@@H]2OC3(CC2Br)C(C(=O)N(CC=C)c2c(C)cccc2C)N(CCCCCCO)C(=O)[C@H]13. The van der Waals surface area contributed by atoms with Gasteiger partial charge in [0.15, 0.2) is 0 Å². The van der Waals surface area contributed by atoms with Crippen molar-refractivity contribution in [1.82, 2.24) is 9.80 Å². The van der Waals surface area contributed by atoms with Gasteiger partial charge in [0.05, 0.1) is 17.9 Å². The Bertz CT molecular complexity index is 1140. The summed E-state index contributed by atoms with van der Waals surface area (Å²) >= 11 is 3.75. The zero-order valence-corrected chi connectivity index (χ0v) is 25.4. The average Bonchev–Trinajstić information content (AvgIpc) is 3.50. The number of likely N-dealkylation sites (tertiary alicyclic amines) is 1. The van der Waals surface area contributed by atoms with E-state index in [1.165, 1.54) is 0 Å². The van der Waals surface area contributed by atoms with Crippen molar-refractivity contribution in [3.8, 4) is 0 Å². The predicted octanol–water partition coefficient (Wildman–Crippen LogP) is 3.77. The molecule has 218 valence electrons. The standard InChI is InChI=1S/C31H42BrN3O5/c1-6-15-33(5)28(37)23-24-29(38)35(17-10-8-9-11-18-36)27(31(24)19-22(32)26(23)40-31)30(39)34(16-7-2)25-20(3)13-12-14-21(25)4/h6-7,12-14,22-24,26-27,36H,1-2,8-11,15-19H2,3-5H3/t22?,23-,24+,26-,27?,31?/m1/s1. The third kappa shape index (κ3) is 5.16. The molecule has 0 aliphatic carbocycles. The van der Waals surface area contributed by atoms with E-state index < -0.39 is 29.6 Å². The number of anilines is 1. The van der Waals surface area contributed by atoms with Crippen LogP contribution in [0.4, 0.5) is 5.69 Å². The number of amides is 3. The Morgan fingerprint density at radius 1 is 1.12 bits per heavy atom. The minimum Gasteiger partial charge on any atom is -0.396 e. The van der Waals surface area contributed by atoms with Gasteiger partial charge in [0, 0.05) is 43.8 Å². The van der Waals surface area contributed by atoms with E-state index in [0.29, 0.717) is 32.4 Å². The molecule has 1 N–H and O–H groups in total. The molecule has 6 atom stereocenters. The van der Waals surface area contributed by atoms with Gasteiger partial charge in [-0.2, -0.15) is 0 Å². The lowest BCUT2D eigenvalue weighted by atomic mass is 9.70. The van der Waals surface area contributed by atoms with Crippen LogP contribution in [0.15, 0.2) is 43.5 Å². The molecule has 1 spiro atoms. The van der Waals surface area contributed by atoms with Gasteiger partial charge in [-0.25, -0.2) is 0 Å². The normalized spacial score (nSPS) is 28.5. The Morgan fingerprint density at radius 2 is 1.77 bits per heavy atom. The number of ether oxygens (including phenoxy) is 1. The van der Waals surface area contributed by atoms with Gasteiger partial charge in [-0.3, -0.25) is 14.4 Å². The van der Waals surface area contributed by atoms with E-state index in [9.17, 15) is 19.5 Å². The minimum atomic E-state index is -1.11. The molecule has 2 bridgehead atoms. The molecule has 3 fully saturated rings. The largest absolute Gasteiger partial charge is 0.396 e. The Hall–Kier alpha value is -2.49. The number of aliphatic hydroxyl groups is 1. The molecule has 0 aromatic heterocycles. The Balaban J connectivity index is 1.77. The number of para-hydroxylation sites is 1. The summed E-state index contributed by atoms with van der Waals surface area (Å²) in [6, 6.07) is 5.04. The Morgan fingerprint density at radius 3 is 2.40 bits per heavy atom. The summed E-state index contributed by atoms with van der Waals surface area (Å²) in [6.07, 6.45) is 6.39. The molecule has 4 rings (SSSR count). The number of rotatable bonds is 13. The third-order valence-corrected chi connectivity index (χ3v) is 9.53. The minimum absolute atomic E-state index is 0.130. The molecular weight excluding hydrogens is 574 g/mol. The second-order valence-corrected chi connectivity index (χ2v) is 12.5. The van der Waals surface area contributed by atoms with Crippen LogP contribution in [0, 0.1) is 25.7 Å². The number of carbonyl (C=O) groups excluding carboxylic acids is 3. The fraction of sp³-hybridized carbons (Fsp3) is 0.581. The molecule has 3 unspecified atom stereocenters. The summed E-state index contributed by atoms with van der Waals surface area (Å²) in [6.45, 7) is 12.8. The highest BCUT2D eigenvalue weighted by molar-refractivity contribution is 9.09. The molecule has 1 aromatic rings. The second-order valence-electron chi connectivity index (χ2n) is 11.3. The number of aliphatic hydroxyl groups excluding tert-OH is 1. The lowest BCUT2D eigenvalue weighted by Crippen LogP contribution is -2.57. The maximum Gasteiger partial charge on any atom is 0.253 e. The van der Waals surface area contributed by atoms with Gasteiger partial charge in [-0.05, 0) is 44.2 Å². The number of likely N-dealkylation sites (N-methyl/N-ethyl adjacent to an activating group) is 1. The van der Waals surface area contributed by atoms with Crippen LogP contribution in [0.3, 0.4) is 0 Å². The zero-order valence-electron chi connectivity index (χ0n) is 23.9. The van der Waals surface area contributed by atoms with E-state index in [1.807, 2.05) is 32.0 Å². The number of alkyl halides is 1. The van der Waals surface area contributed by atoms with Crippen molar-refractivity contribution in [2.24, 2.45) is 11.8 Å². The van der Waals surface area contributed by atoms with E-state index in [4.69, 9.17) is 4.74 Å². The molecule has 9 heteroatoms. The average molecular weight is 617 g/mol. The first-order valence-corrected chi connectivity index (χ1v) is 15.1. The fourth-order valence-electron chi connectivity index (χ4n) is 7.02. The van der Waals surface area contributed by atoms with E-state index in [-0.39, 0.29) is 35.7 Å². The van der Waals surface area contributed by atoms with Gasteiger partial charge in [0.2, 0.25) is 11.8 Å². The van der Waals surface area contributed by atoms with Crippen LogP contribution in [0.1, 0.15) is 43.2 Å². The molecule has 8 nitrogen and oxygen atoms in total. The molecule has 1 aromatic carbocycles. The summed E-state index contributed by atoms with van der Waals surface area (Å²) in [5.74, 6) is -1.98. The summed E-state index contributed by atoms with van der Waals surface area (Å²) in [5, 5.41) is 9.18. The van der Waals surface area contributed by atoms with Crippen LogP contribution in [0.2, 0.25) is 0 Å². The monoisotopic (exact) mass is 615 g/mol. The van der Waals surface area contributed by atoms with E-state index in [0.717, 1.165) is 29.7 Å². The highest BCUT2D eigenvalue weighted by Gasteiger charge is 2.76. The highest BCUT2D eigenvalue weighted by atomic mass is 79.9. The maximum atomic E-state index is 14.7. The van der Waals surface area contributed by atoms with Crippen molar-refractivity contribution >= 4 is 39.3 Å². The van der Waals surface area contributed by atoms with Crippen LogP contribution in [0.5, 0.6) is 0 Å². The second kappa shape index (κ2) is 12.6. The number of carbonyl (C=O) groups is 3. The first-order valence-electron chi connectivity index (χ1n) is 14.2. The van der Waals surface area contributed by atoms with Crippen LogP contribution < -0.4 is 4.90 Å². The maximum absolute atomic E-state index is 14.7.